The molecule has 0 radical (unpaired) electrons. The second-order valence-corrected chi connectivity index (χ2v) is 4.81. The lowest BCUT2D eigenvalue weighted by atomic mass is 9.99. The topological polar surface area (TPSA) is 58.9 Å². The Bertz CT molecular complexity index is 397. The first-order valence-electron chi connectivity index (χ1n) is 6.67. The van der Waals surface area contributed by atoms with Crippen LogP contribution in [-0.4, -0.2) is 29.5 Å². The summed E-state index contributed by atoms with van der Waals surface area (Å²) in [4.78, 5) is 0. The van der Waals surface area contributed by atoms with Crippen molar-refractivity contribution in [2.45, 2.75) is 45.3 Å². The van der Waals surface area contributed by atoms with E-state index in [2.05, 4.69) is 0 Å². The van der Waals surface area contributed by atoms with Gasteiger partial charge in [0.15, 0.2) is 11.5 Å². The summed E-state index contributed by atoms with van der Waals surface area (Å²) >= 11 is 0. The first-order valence-corrected chi connectivity index (χ1v) is 6.67. The number of methoxy groups -OCH3 is 1. The number of hydrogen-bond donors (Lipinski definition) is 2. The van der Waals surface area contributed by atoms with Crippen LogP contribution in [-0.2, 0) is 0 Å². The largest absolute Gasteiger partial charge is 0.493 e. The Morgan fingerprint density at radius 3 is 2.32 bits per heavy atom. The fraction of sp³-hybridized carbons (Fsp3) is 0.600. The maximum absolute atomic E-state index is 10.2. The molecule has 0 fully saturated rings. The van der Waals surface area contributed by atoms with Crippen LogP contribution in [0, 0.1) is 0 Å². The summed E-state index contributed by atoms with van der Waals surface area (Å²) in [5, 5.41) is 19.7. The fourth-order valence-electron chi connectivity index (χ4n) is 1.73. The molecule has 0 aromatic heterocycles. The lowest BCUT2D eigenvalue weighted by Crippen LogP contribution is -2.34. The number of ether oxygens (including phenoxy) is 2. The highest BCUT2D eigenvalue weighted by Gasteiger charge is 2.23. The smallest absolute Gasteiger partial charge is 0.161 e. The lowest BCUT2D eigenvalue weighted by molar-refractivity contribution is -0.0119. The summed E-state index contributed by atoms with van der Waals surface area (Å²) in [7, 11) is 1.56. The third-order valence-electron chi connectivity index (χ3n) is 3.48. The molecule has 1 atom stereocenters. The molecule has 108 valence electrons. The van der Waals surface area contributed by atoms with Crippen molar-refractivity contribution in [1.82, 2.24) is 0 Å². The standard InChI is InChI=1S/C15H24O4/c1-5-15(17,6-2)10-19-13-8-7-12(11(3)16)9-14(13)18-4/h7-9,11,16-17H,5-6,10H2,1-4H3/t11-/m0/s1. The minimum absolute atomic E-state index is 0.227. The van der Waals surface area contributed by atoms with Gasteiger partial charge in [-0.1, -0.05) is 19.9 Å². The van der Waals surface area contributed by atoms with Crippen molar-refractivity contribution < 1.29 is 19.7 Å². The van der Waals surface area contributed by atoms with Gasteiger partial charge in [-0.3, -0.25) is 0 Å². The van der Waals surface area contributed by atoms with Gasteiger partial charge in [-0.15, -0.1) is 0 Å². The average Bonchev–Trinajstić information content (AvgIpc) is 2.44. The first kappa shape index (κ1) is 15.8. The zero-order valence-electron chi connectivity index (χ0n) is 12.1. The highest BCUT2D eigenvalue weighted by Crippen LogP contribution is 2.31. The number of benzene rings is 1. The highest BCUT2D eigenvalue weighted by atomic mass is 16.5. The van der Waals surface area contributed by atoms with E-state index in [9.17, 15) is 10.2 Å². The number of hydrogen-bond acceptors (Lipinski definition) is 4. The Hall–Kier alpha value is -1.26. The van der Waals surface area contributed by atoms with Gasteiger partial charge < -0.3 is 19.7 Å². The number of rotatable bonds is 7. The van der Waals surface area contributed by atoms with Gasteiger partial charge in [0.05, 0.1) is 18.8 Å². The van der Waals surface area contributed by atoms with Gasteiger partial charge in [0.1, 0.15) is 6.61 Å². The Morgan fingerprint density at radius 1 is 1.21 bits per heavy atom. The molecular formula is C15H24O4. The van der Waals surface area contributed by atoms with Crippen LogP contribution in [0.3, 0.4) is 0 Å². The predicted molar refractivity (Wildman–Crippen MR) is 74.7 cm³/mol. The van der Waals surface area contributed by atoms with Crippen molar-refractivity contribution in [2.75, 3.05) is 13.7 Å². The van der Waals surface area contributed by atoms with Gasteiger partial charge in [-0.25, -0.2) is 0 Å². The van der Waals surface area contributed by atoms with Crippen LogP contribution in [0.25, 0.3) is 0 Å². The number of aliphatic hydroxyl groups is 2. The van der Waals surface area contributed by atoms with Crippen molar-refractivity contribution in [1.29, 1.82) is 0 Å². The Balaban J connectivity index is 2.84. The monoisotopic (exact) mass is 268 g/mol. The zero-order valence-corrected chi connectivity index (χ0v) is 12.1. The van der Waals surface area contributed by atoms with E-state index in [0.717, 1.165) is 5.56 Å². The number of aliphatic hydroxyl groups excluding tert-OH is 1. The van der Waals surface area contributed by atoms with Gasteiger partial charge in [-0.2, -0.15) is 0 Å². The Morgan fingerprint density at radius 2 is 1.84 bits per heavy atom. The summed E-state index contributed by atoms with van der Waals surface area (Å²) < 4.78 is 10.9. The summed E-state index contributed by atoms with van der Waals surface area (Å²) in [5.74, 6) is 1.14. The lowest BCUT2D eigenvalue weighted by Gasteiger charge is -2.25. The molecule has 0 aliphatic heterocycles. The van der Waals surface area contributed by atoms with Gasteiger partial charge in [0, 0.05) is 0 Å². The van der Waals surface area contributed by atoms with Crippen LogP contribution in [0.1, 0.15) is 45.3 Å². The fourth-order valence-corrected chi connectivity index (χ4v) is 1.73. The molecule has 0 bridgehead atoms. The average molecular weight is 268 g/mol. The van der Waals surface area contributed by atoms with E-state index in [-0.39, 0.29) is 6.61 Å². The summed E-state index contributed by atoms with van der Waals surface area (Å²) in [6.07, 6.45) is 0.723. The molecule has 0 aliphatic carbocycles. The van der Waals surface area contributed by atoms with Gasteiger partial charge in [-0.05, 0) is 37.5 Å². The molecule has 0 unspecified atom stereocenters. The van der Waals surface area contributed by atoms with E-state index >= 15 is 0 Å². The summed E-state index contributed by atoms with van der Waals surface area (Å²) in [6, 6.07) is 5.29. The van der Waals surface area contributed by atoms with Gasteiger partial charge in [0.2, 0.25) is 0 Å². The van der Waals surface area contributed by atoms with Crippen LogP contribution in [0.15, 0.2) is 18.2 Å². The van der Waals surface area contributed by atoms with Crippen LogP contribution < -0.4 is 9.47 Å². The van der Waals surface area contributed by atoms with E-state index in [0.29, 0.717) is 24.3 Å². The van der Waals surface area contributed by atoms with Crippen LogP contribution in [0.2, 0.25) is 0 Å². The molecule has 1 aromatic carbocycles. The Kier molecular flexibility index (Phi) is 5.63. The van der Waals surface area contributed by atoms with Crippen molar-refractivity contribution in [3.8, 4) is 11.5 Å². The molecule has 0 heterocycles. The SMILES string of the molecule is CCC(O)(CC)COc1ccc([C@H](C)O)cc1OC. The molecule has 1 rings (SSSR count). The maximum atomic E-state index is 10.2. The molecule has 0 saturated heterocycles. The van der Waals surface area contributed by atoms with Crippen molar-refractivity contribution >= 4 is 0 Å². The molecule has 0 aliphatic rings. The third-order valence-corrected chi connectivity index (χ3v) is 3.48. The first-order chi connectivity index (χ1) is 8.95. The Labute approximate surface area is 115 Å². The quantitative estimate of drug-likeness (QED) is 0.798. The van der Waals surface area contributed by atoms with Crippen molar-refractivity contribution in [3.63, 3.8) is 0 Å². The highest BCUT2D eigenvalue weighted by molar-refractivity contribution is 5.43. The van der Waals surface area contributed by atoms with Gasteiger partial charge >= 0.3 is 0 Å². The van der Waals surface area contributed by atoms with E-state index in [1.165, 1.54) is 0 Å². The molecule has 2 N–H and O–H groups in total. The summed E-state index contributed by atoms with van der Waals surface area (Å²) in [6.45, 7) is 5.79. The molecule has 19 heavy (non-hydrogen) atoms. The van der Waals surface area contributed by atoms with Crippen LogP contribution in [0.4, 0.5) is 0 Å². The molecule has 0 spiro atoms. The van der Waals surface area contributed by atoms with Crippen LogP contribution in [0.5, 0.6) is 11.5 Å². The van der Waals surface area contributed by atoms with E-state index in [1.54, 1.807) is 32.2 Å². The molecule has 4 nitrogen and oxygen atoms in total. The summed E-state index contributed by atoms with van der Waals surface area (Å²) in [5.41, 5.74) is -0.0426. The van der Waals surface area contributed by atoms with E-state index in [1.807, 2.05) is 13.8 Å². The molecule has 0 amide bonds. The molecular weight excluding hydrogens is 244 g/mol. The normalized spacial score (nSPS) is 13.2. The van der Waals surface area contributed by atoms with Gasteiger partial charge in [0.25, 0.3) is 0 Å². The maximum Gasteiger partial charge on any atom is 0.161 e. The second-order valence-electron chi connectivity index (χ2n) is 4.81. The molecule has 1 aromatic rings. The predicted octanol–water partition coefficient (Wildman–Crippen LogP) is 2.68. The van der Waals surface area contributed by atoms with E-state index in [4.69, 9.17) is 9.47 Å². The van der Waals surface area contributed by atoms with E-state index < -0.39 is 11.7 Å². The molecule has 0 saturated carbocycles. The van der Waals surface area contributed by atoms with Crippen molar-refractivity contribution in [3.05, 3.63) is 23.8 Å². The van der Waals surface area contributed by atoms with Crippen molar-refractivity contribution in [2.24, 2.45) is 0 Å². The van der Waals surface area contributed by atoms with Crippen LogP contribution >= 0.6 is 0 Å². The minimum Gasteiger partial charge on any atom is -0.493 e. The third kappa shape index (κ3) is 4.11. The zero-order chi connectivity index (χ0) is 14.5. The second kappa shape index (κ2) is 6.78. The minimum atomic E-state index is -0.812. The molecule has 4 heteroatoms.